The van der Waals surface area contributed by atoms with E-state index in [0.29, 0.717) is 5.02 Å². The topological polar surface area (TPSA) is 55.6 Å². The molecule has 108 valence electrons. The van der Waals surface area contributed by atoms with Crippen LogP contribution in [-0.4, -0.2) is 19.7 Å². The van der Waals surface area contributed by atoms with Gasteiger partial charge in [0.05, 0.1) is 28.6 Å². The molecule has 0 saturated carbocycles. The van der Waals surface area contributed by atoms with Crippen molar-refractivity contribution < 1.29 is 0 Å². The highest BCUT2D eigenvalue weighted by atomic mass is 35.5. The Hall–Kier alpha value is -1.92. The number of thiazole rings is 1. The Morgan fingerprint density at radius 2 is 2.24 bits per heavy atom. The number of aryl methyl sites for hydroxylation is 1. The van der Waals surface area contributed by atoms with E-state index < -0.39 is 0 Å². The first-order chi connectivity index (χ1) is 10.1. The molecule has 21 heavy (non-hydrogen) atoms. The van der Waals surface area contributed by atoms with E-state index in [1.807, 2.05) is 30.6 Å². The van der Waals surface area contributed by atoms with Crippen molar-refractivity contribution in [2.45, 2.75) is 19.9 Å². The van der Waals surface area contributed by atoms with Crippen molar-refractivity contribution >= 4 is 28.6 Å². The van der Waals surface area contributed by atoms with E-state index in [4.69, 9.17) is 11.6 Å². The third kappa shape index (κ3) is 2.91. The Bertz CT molecular complexity index is 738. The molecule has 7 heteroatoms. The van der Waals surface area contributed by atoms with Crippen LogP contribution in [0.5, 0.6) is 0 Å². The van der Waals surface area contributed by atoms with Gasteiger partial charge >= 0.3 is 0 Å². The largest absolute Gasteiger partial charge is 0.376 e. The standard InChI is InChI=1S/C14H14ClN5S/c1-9-14(21-8-17-9)10(2)19-12-5-11(15)3-4-13(12)20-7-16-6-18-20/h3-8,10,19H,1-2H3. The third-order valence-electron chi connectivity index (χ3n) is 3.17. The second-order valence-corrected chi connectivity index (χ2v) is 5.99. The predicted octanol–water partition coefficient (Wildman–Crippen LogP) is 3.86. The molecule has 1 aromatic carbocycles. The Balaban J connectivity index is 1.95. The molecule has 0 spiro atoms. The summed E-state index contributed by atoms with van der Waals surface area (Å²) in [5.41, 5.74) is 4.72. The van der Waals surface area contributed by atoms with E-state index in [9.17, 15) is 0 Å². The van der Waals surface area contributed by atoms with Crippen molar-refractivity contribution in [3.05, 3.63) is 52.0 Å². The predicted molar refractivity (Wildman–Crippen MR) is 85.3 cm³/mol. The van der Waals surface area contributed by atoms with Crippen molar-refractivity contribution in [1.29, 1.82) is 0 Å². The molecule has 0 aliphatic rings. The first-order valence-corrected chi connectivity index (χ1v) is 7.72. The normalized spacial score (nSPS) is 12.3. The molecule has 0 bridgehead atoms. The lowest BCUT2D eigenvalue weighted by Crippen LogP contribution is -2.09. The van der Waals surface area contributed by atoms with Crippen molar-refractivity contribution in [2.75, 3.05) is 5.32 Å². The molecule has 0 saturated heterocycles. The third-order valence-corrected chi connectivity index (χ3v) is 4.52. The monoisotopic (exact) mass is 319 g/mol. The van der Waals surface area contributed by atoms with Crippen molar-refractivity contribution in [3.8, 4) is 5.69 Å². The maximum absolute atomic E-state index is 6.12. The summed E-state index contributed by atoms with van der Waals surface area (Å²) in [6, 6.07) is 5.79. The molecule has 0 aliphatic heterocycles. The van der Waals surface area contributed by atoms with Crippen LogP contribution in [0.4, 0.5) is 5.69 Å². The molecule has 0 radical (unpaired) electrons. The van der Waals surface area contributed by atoms with Gasteiger partial charge in [0.25, 0.3) is 0 Å². The van der Waals surface area contributed by atoms with Crippen LogP contribution in [0, 0.1) is 6.92 Å². The summed E-state index contributed by atoms with van der Waals surface area (Å²) in [5.74, 6) is 0. The highest BCUT2D eigenvalue weighted by Gasteiger charge is 2.14. The number of nitrogens with zero attached hydrogens (tertiary/aromatic N) is 4. The lowest BCUT2D eigenvalue weighted by molar-refractivity contribution is 0.855. The minimum absolute atomic E-state index is 0.137. The number of hydrogen-bond acceptors (Lipinski definition) is 5. The number of anilines is 1. The Kier molecular flexibility index (Phi) is 3.90. The fourth-order valence-corrected chi connectivity index (χ4v) is 3.16. The summed E-state index contributed by atoms with van der Waals surface area (Å²) in [6.45, 7) is 4.12. The number of aromatic nitrogens is 4. The number of hydrogen-bond donors (Lipinski definition) is 1. The van der Waals surface area contributed by atoms with Crippen LogP contribution in [0.1, 0.15) is 23.5 Å². The molecule has 2 aromatic heterocycles. The first kappa shape index (κ1) is 14.0. The zero-order valence-electron chi connectivity index (χ0n) is 11.6. The Morgan fingerprint density at radius 1 is 1.38 bits per heavy atom. The molecule has 3 aromatic rings. The molecule has 1 atom stereocenters. The number of rotatable bonds is 4. The lowest BCUT2D eigenvalue weighted by atomic mass is 10.2. The van der Waals surface area contributed by atoms with E-state index in [2.05, 4.69) is 27.3 Å². The molecular formula is C14H14ClN5S. The van der Waals surface area contributed by atoms with Gasteiger partial charge in [0.2, 0.25) is 0 Å². The molecule has 0 aliphatic carbocycles. The SMILES string of the molecule is Cc1ncsc1C(C)Nc1cc(Cl)ccc1-n1cncn1. The Morgan fingerprint density at radius 3 is 2.90 bits per heavy atom. The van der Waals surface area contributed by atoms with Crippen LogP contribution in [-0.2, 0) is 0 Å². The van der Waals surface area contributed by atoms with Gasteiger partial charge in [-0.2, -0.15) is 5.10 Å². The summed E-state index contributed by atoms with van der Waals surface area (Å²) in [7, 11) is 0. The van der Waals surface area contributed by atoms with Gasteiger partial charge in [0, 0.05) is 9.90 Å². The molecule has 0 fully saturated rings. The van der Waals surface area contributed by atoms with Gasteiger partial charge in [0.15, 0.2) is 0 Å². The van der Waals surface area contributed by atoms with Crippen molar-refractivity contribution in [3.63, 3.8) is 0 Å². The number of nitrogens with one attached hydrogen (secondary N) is 1. The molecule has 3 rings (SSSR count). The van der Waals surface area contributed by atoms with Gasteiger partial charge in [-0.1, -0.05) is 11.6 Å². The average Bonchev–Trinajstić information content (AvgIpc) is 3.10. The van der Waals surface area contributed by atoms with Gasteiger partial charge in [-0.15, -0.1) is 11.3 Å². The summed E-state index contributed by atoms with van der Waals surface area (Å²) in [6.07, 6.45) is 3.17. The molecular weight excluding hydrogens is 306 g/mol. The number of benzene rings is 1. The van der Waals surface area contributed by atoms with Crippen molar-refractivity contribution in [1.82, 2.24) is 19.7 Å². The zero-order chi connectivity index (χ0) is 14.8. The van der Waals surface area contributed by atoms with Crippen LogP contribution in [0.25, 0.3) is 5.69 Å². The summed E-state index contributed by atoms with van der Waals surface area (Å²) < 4.78 is 1.71. The fourth-order valence-electron chi connectivity index (χ4n) is 2.18. The van der Waals surface area contributed by atoms with Crippen LogP contribution in [0.3, 0.4) is 0 Å². The minimum Gasteiger partial charge on any atom is -0.376 e. The molecule has 1 unspecified atom stereocenters. The van der Waals surface area contributed by atoms with E-state index >= 15 is 0 Å². The van der Waals surface area contributed by atoms with Crippen LogP contribution in [0.15, 0.2) is 36.4 Å². The highest BCUT2D eigenvalue weighted by Crippen LogP contribution is 2.30. The van der Waals surface area contributed by atoms with Crippen LogP contribution >= 0.6 is 22.9 Å². The Labute approximate surface area is 131 Å². The smallest absolute Gasteiger partial charge is 0.138 e. The second kappa shape index (κ2) is 5.83. The van der Waals surface area contributed by atoms with Crippen LogP contribution in [0.2, 0.25) is 5.02 Å². The quantitative estimate of drug-likeness (QED) is 0.793. The molecule has 1 N–H and O–H groups in total. The van der Waals surface area contributed by atoms with Gasteiger partial charge in [-0.05, 0) is 32.0 Å². The van der Waals surface area contributed by atoms with E-state index in [0.717, 1.165) is 17.1 Å². The summed E-state index contributed by atoms with van der Waals surface area (Å²) in [5, 5.41) is 8.33. The number of halogens is 1. The fraction of sp³-hybridized carbons (Fsp3) is 0.214. The van der Waals surface area contributed by atoms with Gasteiger partial charge < -0.3 is 5.32 Å². The zero-order valence-corrected chi connectivity index (χ0v) is 13.2. The van der Waals surface area contributed by atoms with Crippen LogP contribution < -0.4 is 5.32 Å². The van der Waals surface area contributed by atoms with E-state index in [-0.39, 0.29) is 6.04 Å². The molecule has 2 heterocycles. The van der Waals surface area contributed by atoms with E-state index in [1.54, 1.807) is 22.3 Å². The second-order valence-electron chi connectivity index (χ2n) is 4.67. The van der Waals surface area contributed by atoms with Gasteiger partial charge in [-0.25, -0.2) is 14.6 Å². The maximum atomic E-state index is 6.12. The first-order valence-electron chi connectivity index (χ1n) is 6.46. The van der Waals surface area contributed by atoms with Gasteiger partial charge in [0.1, 0.15) is 12.7 Å². The van der Waals surface area contributed by atoms with E-state index in [1.165, 1.54) is 11.2 Å². The summed E-state index contributed by atoms with van der Waals surface area (Å²) in [4.78, 5) is 9.49. The van der Waals surface area contributed by atoms with Gasteiger partial charge in [-0.3, -0.25) is 0 Å². The minimum atomic E-state index is 0.137. The maximum Gasteiger partial charge on any atom is 0.138 e. The average molecular weight is 320 g/mol. The summed E-state index contributed by atoms with van der Waals surface area (Å²) >= 11 is 7.77. The molecule has 0 amide bonds. The van der Waals surface area contributed by atoms with Crippen molar-refractivity contribution in [2.24, 2.45) is 0 Å². The molecule has 5 nitrogen and oxygen atoms in total. The highest BCUT2D eigenvalue weighted by molar-refractivity contribution is 7.09. The lowest BCUT2D eigenvalue weighted by Gasteiger charge is -2.17.